The van der Waals surface area contributed by atoms with Gasteiger partial charge in [-0.1, -0.05) is 17.7 Å². The molecule has 0 amide bonds. The zero-order chi connectivity index (χ0) is 15.6. The molecule has 0 aliphatic heterocycles. The first kappa shape index (κ1) is 14.9. The van der Waals surface area contributed by atoms with Crippen LogP contribution in [0, 0.1) is 25.2 Å². The van der Waals surface area contributed by atoms with Gasteiger partial charge in [-0.3, -0.25) is 0 Å². The number of hydrogen-bond donors (Lipinski definition) is 1. The quantitative estimate of drug-likeness (QED) is 0.916. The Balaban J connectivity index is 2.54. The van der Waals surface area contributed by atoms with Gasteiger partial charge in [0.25, 0.3) is 0 Å². The predicted octanol–water partition coefficient (Wildman–Crippen LogP) is 4.32. The Morgan fingerprint density at radius 3 is 2.38 bits per heavy atom. The minimum absolute atomic E-state index is 0.00865. The molecule has 0 spiro atoms. The van der Waals surface area contributed by atoms with Crippen molar-refractivity contribution in [1.82, 2.24) is 0 Å². The molecule has 2 rings (SSSR count). The zero-order valence-corrected chi connectivity index (χ0v) is 12.2. The number of nitriles is 1. The van der Waals surface area contributed by atoms with Crippen LogP contribution in [-0.4, -0.2) is 11.1 Å². The molecule has 0 atom stereocenters. The van der Waals surface area contributed by atoms with Crippen LogP contribution in [0.15, 0.2) is 30.3 Å². The maximum atomic E-state index is 11.3. The second kappa shape index (κ2) is 5.86. The van der Waals surface area contributed by atoms with Crippen LogP contribution in [-0.2, 0) is 0 Å². The lowest BCUT2D eigenvalue weighted by atomic mass is 10.1. The average molecular weight is 302 g/mol. The maximum absolute atomic E-state index is 11.3. The van der Waals surface area contributed by atoms with Gasteiger partial charge in [-0.15, -0.1) is 0 Å². The highest BCUT2D eigenvalue weighted by atomic mass is 35.5. The van der Waals surface area contributed by atoms with Crippen molar-refractivity contribution in [1.29, 1.82) is 5.26 Å². The van der Waals surface area contributed by atoms with Crippen molar-refractivity contribution in [2.24, 2.45) is 0 Å². The van der Waals surface area contributed by atoms with E-state index in [1.165, 1.54) is 6.07 Å². The summed E-state index contributed by atoms with van der Waals surface area (Å²) >= 11 is 6.05. The van der Waals surface area contributed by atoms with Gasteiger partial charge in [0.05, 0.1) is 16.7 Å². The fraction of sp³-hybridized carbons (Fsp3) is 0.125. The Bertz CT molecular complexity index is 740. The summed E-state index contributed by atoms with van der Waals surface area (Å²) < 4.78 is 5.74. The fourth-order valence-electron chi connectivity index (χ4n) is 2.06. The monoisotopic (exact) mass is 301 g/mol. The number of para-hydroxylation sites is 1. The van der Waals surface area contributed by atoms with Crippen LogP contribution in [0.4, 0.5) is 0 Å². The zero-order valence-electron chi connectivity index (χ0n) is 11.5. The molecule has 0 aromatic heterocycles. The standard InChI is InChI=1S/C16H12ClNO3/c1-9-6-11(8-18)7-10(2)14(9)21-15-12(16(19)20)4-3-5-13(15)17/h3-7H,1-2H3,(H,19,20). The van der Waals surface area contributed by atoms with Crippen LogP contribution in [0.3, 0.4) is 0 Å². The van der Waals surface area contributed by atoms with E-state index in [0.29, 0.717) is 11.3 Å². The Morgan fingerprint density at radius 1 is 1.24 bits per heavy atom. The first-order valence-electron chi connectivity index (χ1n) is 6.15. The molecular formula is C16H12ClNO3. The van der Waals surface area contributed by atoms with Crippen LogP contribution >= 0.6 is 11.6 Å². The lowest BCUT2D eigenvalue weighted by Crippen LogP contribution is -2.02. The van der Waals surface area contributed by atoms with Gasteiger partial charge >= 0.3 is 5.97 Å². The highest BCUT2D eigenvalue weighted by molar-refractivity contribution is 6.32. The van der Waals surface area contributed by atoms with Crippen LogP contribution < -0.4 is 4.74 Å². The molecule has 106 valence electrons. The normalized spacial score (nSPS) is 10.0. The first-order chi connectivity index (χ1) is 9.93. The number of halogens is 1. The molecule has 0 aliphatic carbocycles. The number of carboxylic acid groups (broad SMARTS) is 1. The molecule has 0 unspecified atom stereocenters. The third-order valence-corrected chi connectivity index (χ3v) is 3.29. The minimum Gasteiger partial charge on any atom is -0.478 e. The first-order valence-corrected chi connectivity index (χ1v) is 6.53. The van der Waals surface area contributed by atoms with Gasteiger partial charge < -0.3 is 9.84 Å². The fourth-order valence-corrected chi connectivity index (χ4v) is 2.27. The summed E-state index contributed by atoms with van der Waals surface area (Å²) in [5.41, 5.74) is 1.99. The number of aromatic carboxylic acids is 1. The van der Waals surface area contributed by atoms with E-state index in [0.717, 1.165) is 11.1 Å². The van der Waals surface area contributed by atoms with E-state index < -0.39 is 5.97 Å². The number of carbonyl (C=O) groups is 1. The molecule has 0 bridgehead atoms. The highest BCUT2D eigenvalue weighted by Crippen LogP contribution is 2.36. The molecule has 1 N–H and O–H groups in total. The Morgan fingerprint density at radius 2 is 1.86 bits per heavy atom. The molecular weight excluding hydrogens is 290 g/mol. The molecule has 0 saturated carbocycles. The third kappa shape index (κ3) is 2.99. The Kier molecular flexibility index (Phi) is 4.15. The van der Waals surface area contributed by atoms with E-state index in [9.17, 15) is 9.90 Å². The Labute approximate surface area is 127 Å². The number of aryl methyl sites for hydroxylation is 2. The third-order valence-electron chi connectivity index (χ3n) is 2.99. The maximum Gasteiger partial charge on any atom is 0.339 e. The SMILES string of the molecule is Cc1cc(C#N)cc(C)c1Oc1c(Cl)cccc1C(=O)O. The van der Waals surface area contributed by atoms with Crippen molar-refractivity contribution in [3.05, 3.63) is 57.6 Å². The summed E-state index contributed by atoms with van der Waals surface area (Å²) in [5.74, 6) is -0.511. The van der Waals surface area contributed by atoms with Crippen molar-refractivity contribution in [2.45, 2.75) is 13.8 Å². The van der Waals surface area contributed by atoms with Gasteiger partial charge in [0.2, 0.25) is 0 Å². The van der Waals surface area contributed by atoms with E-state index in [1.807, 2.05) is 0 Å². The van der Waals surface area contributed by atoms with Gasteiger partial charge in [0.15, 0.2) is 5.75 Å². The number of benzene rings is 2. The molecule has 2 aromatic rings. The second-order valence-electron chi connectivity index (χ2n) is 4.57. The smallest absolute Gasteiger partial charge is 0.339 e. The Hall–Kier alpha value is -2.51. The number of carboxylic acids is 1. The molecule has 0 radical (unpaired) electrons. The molecule has 0 aliphatic rings. The van der Waals surface area contributed by atoms with Crippen molar-refractivity contribution >= 4 is 17.6 Å². The molecule has 0 saturated heterocycles. The predicted molar refractivity (Wildman–Crippen MR) is 79.1 cm³/mol. The van der Waals surface area contributed by atoms with Crippen molar-refractivity contribution in [3.8, 4) is 17.6 Å². The summed E-state index contributed by atoms with van der Waals surface area (Å²) in [6.45, 7) is 3.58. The van der Waals surface area contributed by atoms with E-state index in [4.69, 9.17) is 21.6 Å². The molecule has 0 fully saturated rings. The van der Waals surface area contributed by atoms with Crippen molar-refractivity contribution in [2.75, 3.05) is 0 Å². The van der Waals surface area contributed by atoms with E-state index in [1.54, 1.807) is 38.1 Å². The van der Waals surface area contributed by atoms with Crippen LogP contribution in [0.1, 0.15) is 27.0 Å². The summed E-state index contributed by atoms with van der Waals surface area (Å²) in [4.78, 5) is 11.3. The summed E-state index contributed by atoms with van der Waals surface area (Å²) in [6.07, 6.45) is 0. The van der Waals surface area contributed by atoms with E-state index in [-0.39, 0.29) is 16.3 Å². The molecule has 4 nitrogen and oxygen atoms in total. The summed E-state index contributed by atoms with van der Waals surface area (Å²) in [6, 6.07) is 9.97. The lowest BCUT2D eigenvalue weighted by molar-refractivity contribution is 0.0694. The lowest BCUT2D eigenvalue weighted by Gasteiger charge is -2.15. The van der Waals surface area contributed by atoms with Gasteiger partial charge in [-0.05, 0) is 49.2 Å². The van der Waals surface area contributed by atoms with Crippen LogP contribution in [0.25, 0.3) is 0 Å². The molecule has 5 heteroatoms. The van der Waals surface area contributed by atoms with Gasteiger partial charge in [0.1, 0.15) is 11.3 Å². The molecule has 2 aromatic carbocycles. The largest absolute Gasteiger partial charge is 0.478 e. The topological polar surface area (TPSA) is 70.3 Å². The van der Waals surface area contributed by atoms with Gasteiger partial charge in [-0.2, -0.15) is 5.26 Å². The number of hydrogen-bond acceptors (Lipinski definition) is 3. The number of ether oxygens (including phenoxy) is 1. The number of rotatable bonds is 3. The second-order valence-corrected chi connectivity index (χ2v) is 4.98. The summed E-state index contributed by atoms with van der Waals surface area (Å²) in [5, 5.41) is 18.4. The van der Waals surface area contributed by atoms with Crippen molar-refractivity contribution < 1.29 is 14.6 Å². The summed E-state index contributed by atoms with van der Waals surface area (Å²) in [7, 11) is 0. The minimum atomic E-state index is -1.11. The number of nitrogens with zero attached hydrogens (tertiary/aromatic N) is 1. The van der Waals surface area contributed by atoms with E-state index in [2.05, 4.69) is 6.07 Å². The molecule has 0 heterocycles. The van der Waals surface area contributed by atoms with Gasteiger partial charge in [-0.25, -0.2) is 4.79 Å². The van der Waals surface area contributed by atoms with Crippen LogP contribution in [0.5, 0.6) is 11.5 Å². The van der Waals surface area contributed by atoms with Crippen molar-refractivity contribution in [3.63, 3.8) is 0 Å². The van der Waals surface area contributed by atoms with Gasteiger partial charge in [0, 0.05) is 0 Å². The average Bonchev–Trinajstić information content (AvgIpc) is 2.43. The van der Waals surface area contributed by atoms with Crippen LogP contribution in [0.2, 0.25) is 5.02 Å². The van der Waals surface area contributed by atoms with E-state index >= 15 is 0 Å². The highest BCUT2D eigenvalue weighted by Gasteiger charge is 2.17. The molecule has 21 heavy (non-hydrogen) atoms.